The van der Waals surface area contributed by atoms with Gasteiger partial charge in [-0.25, -0.2) is 4.39 Å². The summed E-state index contributed by atoms with van der Waals surface area (Å²) in [4.78, 5) is 2.28. The van der Waals surface area contributed by atoms with Crippen molar-refractivity contribution in [2.24, 2.45) is 0 Å². The van der Waals surface area contributed by atoms with Gasteiger partial charge in [0, 0.05) is 18.2 Å². The summed E-state index contributed by atoms with van der Waals surface area (Å²) in [6.45, 7) is 3.55. The number of aliphatic hydroxyl groups is 1. The van der Waals surface area contributed by atoms with Gasteiger partial charge in [-0.1, -0.05) is 38.0 Å². The standard InChI is InChI=1S/C15H22FNO/c1-2-17(12-7-3-4-8-12)11-15(18)13-9-5-6-10-14(13)16/h5-6,9-10,12,15,18H,2-4,7-8,11H2,1H3. The van der Waals surface area contributed by atoms with E-state index >= 15 is 0 Å². The lowest BCUT2D eigenvalue weighted by Gasteiger charge is -2.29. The van der Waals surface area contributed by atoms with Gasteiger partial charge in [-0.15, -0.1) is 0 Å². The maximum atomic E-state index is 13.6. The quantitative estimate of drug-likeness (QED) is 0.869. The fraction of sp³-hybridized carbons (Fsp3) is 0.600. The Balaban J connectivity index is 2.00. The lowest BCUT2D eigenvalue weighted by molar-refractivity contribution is 0.0890. The smallest absolute Gasteiger partial charge is 0.129 e. The normalized spacial score (nSPS) is 18.4. The van der Waals surface area contributed by atoms with Crippen LogP contribution in [0.1, 0.15) is 44.3 Å². The van der Waals surface area contributed by atoms with E-state index in [4.69, 9.17) is 0 Å². The molecule has 3 heteroatoms. The van der Waals surface area contributed by atoms with E-state index in [1.54, 1.807) is 18.2 Å². The number of halogens is 1. The topological polar surface area (TPSA) is 23.5 Å². The summed E-state index contributed by atoms with van der Waals surface area (Å²) in [7, 11) is 0. The minimum atomic E-state index is -0.730. The second kappa shape index (κ2) is 6.30. The van der Waals surface area contributed by atoms with Gasteiger partial charge in [0.2, 0.25) is 0 Å². The molecule has 1 aromatic rings. The highest BCUT2D eigenvalue weighted by molar-refractivity contribution is 5.20. The zero-order valence-corrected chi connectivity index (χ0v) is 11.0. The monoisotopic (exact) mass is 251 g/mol. The van der Waals surface area contributed by atoms with Crippen LogP contribution in [0.25, 0.3) is 0 Å². The fourth-order valence-corrected chi connectivity index (χ4v) is 2.87. The number of nitrogens with zero attached hydrogens (tertiary/aromatic N) is 1. The highest BCUT2D eigenvalue weighted by Crippen LogP contribution is 2.26. The van der Waals surface area contributed by atoms with Crippen LogP contribution in [-0.4, -0.2) is 29.1 Å². The van der Waals surface area contributed by atoms with E-state index in [1.807, 2.05) is 0 Å². The molecule has 0 aliphatic heterocycles. The molecule has 1 unspecified atom stereocenters. The molecule has 0 aromatic heterocycles. The Labute approximate surface area is 108 Å². The molecule has 1 fully saturated rings. The van der Waals surface area contributed by atoms with Gasteiger partial charge in [0.15, 0.2) is 0 Å². The van der Waals surface area contributed by atoms with E-state index < -0.39 is 6.10 Å². The average Bonchev–Trinajstić information content (AvgIpc) is 2.90. The van der Waals surface area contributed by atoms with Crippen LogP contribution in [0.15, 0.2) is 24.3 Å². The van der Waals surface area contributed by atoms with Crippen molar-refractivity contribution in [3.05, 3.63) is 35.6 Å². The summed E-state index contributed by atoms with van der Waals surface area (Å²) in [5.74, 6) is -0.313. The maximum Gasteiger partial charge on any atom is 0.129 e. The Morgan fingerprint density at radius 1 is 1.33 bits per heavy atom. The van der Waals surface area contributed by atoms with Crippen LogP contribution >= 0.6 is 0 Å². The van der Waals surface area contributed by atoms with Crippen molar-refractivity contribution in [1.82, 2.24) is 4.90 Å². The van der Waals surface area contributed by atoms with Gasteiger partial charge in [0.25, 0.3) is 0 Å². The van der Waals surface area contributed by atoms with E-state index in [-0.39, 0.29) is 5.82 Å². The zero-order valence-electron chi connectivity index (χ0n) is 11.0. The predicted molar refractivity (Wildman–Crippen MR) is 70.9 cm³/mol. The highest BCUT2D eigenvalue weighted by atomic mass is 19.1. The Bertz CT molecular complexity index is 377. The van der Waals surface area contributed by atoms with Crippen LogP contribution in [0.3, 0.4) is 0 Å². The first kappa shape index (κ1) is 13.5. The summed E-state index contributed by atoms with van der Waals surface area (Å²) in [5.41, 5.74) is 0.411. The van der Waals surface area contributed by atoms with Crippen molar-refractivity contribution >= 4 is 0 Å². The lowest BCUT2D eigenvalue weighted by atomic mass is 10.1. The molecule has 1 N–H and O–H groups in total. The largest absolute Gasteiger partial charge is 0.387 e. The van der Waals surface area contributed by atoms with Crippen LogP contribution < -0.4 is 0 Å². The Hall–Kier alpha value is -0.930. The van der Waals surface area contributed by atoms with E-state index in [1.165, 1.54) is 31.7 Å². The van der Waals surface area contributed by atoms with Gasteiger partial charge in [-0.2, -0.15) is 0 Å². The lowest BCUT2D eigenvalue weighted by Crippen LogP contribution is -2.36. The molecule has 0 heterocycles. The van der Waals surface area contributed by atoms with Gasteiger partial charge in [0.05, 0.1) is 6.10 Å². The van der Waals surface area contributed by atoms with Crippen LogP contribution in [-0.2, 0) is 0 Å². The molecule has 2 nitrogen and oxygen atoms in total. The number of hydrogen-bond acceptors (Lipinski definition) is 2. The van der Waals surface area contributed by atoms with Crippen LogP contribution in [0.2, 0.25) is 0 Å². The van der Waals surface area contributed by atoms with Gasteiger partial charge in [-0.05, 0) is 25.5 Å². The van der Waals surface area contributed by atoms with E-state index in [0.717, 1.165) is 6.54 Å². The van der Waals surface area contributed by atoms with Crippen molar-refractivity contribution in [3.63, 3.8) is 0 Å². The first-order chi connectivity index (χ1) is 8.72. The van der Waals surface area contributed by atoms with Crippen molar-refractivity contribution in [3.8, 4) is 0 Å². The van der Waals surface area contributed by atoms with Crippen molar-refractivity contribution < 1.29 is 9.50 Å². The third-order valence-electron chi connectivity index (χ3n) is 3.92. The predicted octanol–water partition coefficient (Wildman–Crippen LogP) is 3.12. The third kappa shape index (κ3) is 3.09. The average molecular weight is 251 g/mol. The van der Waals surface area contributed by atoms with Gasteiger partial charge >= 0.3 is 0 Å². The molecule has 100 valence electrons. The molecular weight excluding hydrogens is 229 g/mol. The number of benzene rings is 1. The molecule has 1 aliphatic rings. The Kier molecular flexibility index (Phi) is 4.72. The molecule has 1 saturated carbocycles. The molecule has 0 spiro atoms. The van der Waals surface area contributed by atoms with Crippen molar-refractivity contribution in [1.29, 1.82) is 0 Å². The highest BCUT2D eigenvalue weighted by Gasteiger charge is 2.24. The first-order valence-corrected chi connectivity index (χ1v) is 6.89. The van der Waals surface area contributed by atoms with Crippen molar-refractivity contribution in [2.45, 2.75) is 44.8 Å². The molecule has 0 saturated heterocycles. The zero-order chi connectivity index (χ0) is 13.0. The summed E-state index contributed by atoms with van der Waals surface area (Å²) in [6.07, 6.45) is 4.23. The minimum absolute atomic E-state index is 0.313. The van der Waals surface area contributed by atoms with Gasteiger partial charge < -0.3 is 5.11 Å². The van der Waals surface area contributed by atoms with E-state index in [0.29, 0.717) is 18.2 Å². The van der Waals surface area contributed by atoms with Gasteiger partial charge in [-0.3, -0.25) is 4.90 Å². The summed E-state index contributed by atoms with van der Waals surface area (Å²) in [5, 5.41) is 10.2. The second-order valence-electron chi connectivity index (χ2n) is 5.06. The third-order valence-corrected chi connectivity index (χ3v) is 3.92. The first-order valence-electron chi connectivity index (χ1n) is 6.89. The number of hydrogen-bond donors (Lipinski definition) is 1. The van der Waals surface area contributed by atoms with Crippen LogP contribution in [0.5, 0.6) is 0 Å². The van der Waals surface area contributed by atoms with E-state index in [9.17, 15) is 9.50 Å². The van der Waals surface area contributed by atoms with Crippen LogP contribution in [0, 0.1) is 5.82 Å². The number of aliphatic hydroxyl groups excluding tert-OH is 1. The Morgan fingerprint density at radius 3 is 2.61 bits per heavy atom. The van der Waals surface area contributed by atoms with Crippen molar-refractivity contribution in [2.75, 3.05) is 13.1 Å². The molecule has 0 radical (unpaired) electrons. The second-order valence-corrected chi connectivity index (χ2v) is 5.06. The van der Waals surface area contributed by atoms with E-state index in [2.05, 4.69) is 11.8 Å². The van der Waals surface area contributed by atoms with Crippen LogP contribution in [0.4, 0.5) is 4.39 Å². The fourth-order valence-electron chi connectivity index (χ4n) is 2.87. The summed E-state index contributed by atoms with van der Waals surface area (Å²) < 4.78 is 13.6. The number of likely N-dealkylation sites (N-methyl/N-ethyl adjacent to an activating group) is 1. The SMILES string of the molecule is CCN(CC(O)c1ccccc1F)C1CCCC1. The van der Waals surface area contributed by atoms with Gasteiger partial charge in [0.1, 0.15) is 5.82 Å². The molecule has 2 rings (SSSR count). The maximum absolute atomic E-state index is 13.6. The molecule has 1 atom stereocenters. The Morgan fingerprint density at radius 2 is 2.00 bits per heavy atom. The molecular formula is C15H22FNO. The minimum Gasteiger partial charge on any atom is -0.387 e. The molecule has 0 amide bonds. The molecule has 18 heavy (non-hydrogen) atoms. The number of rotatable bonds is 5. The molecule has 0 bridgehead atoms. The summed E-state index contributed by atoms with van der Waals surface area (Å²) >= 11 is 0. The molecule has 1 aliphatic carbocycles. The molecule has 1 aromatic carbocycles. The summed E-state index contributed by atoms with van der Waals surface area (Å²) in [6, 6.07) is 7.07.